The first kappa shape index (κ1) is 26.6. The average Bonchev–Trinajstić information content (AvgIpc) is 3.73. The molecule has 48 heavy (non-hydrogen) atoms. The Labute approximate surface area is 274 Å². The lowest BCUT2D eigenvalue weighted by molar-refractivity contribution is 0.668. The molecule has 7 aromatic carbocycles. The highest BCUT2D eigenvalue weighted by molar-refractivity contribution is 6.13. The largest absolute Gasteiger partial charge is 0.456 e. The number of furan rings is 2. The second-order valence-corrected chi connectivity index (χ2v) is 12.0. The van der Waals surface area contributed by atoms with Crippen LogP contribution in [0.4, 0.5) is 0 Å². The predicted octanol–water partition coefficient (Wildman–Crippen LogP) is 11.5. The second kappa shape index (κ2) is 10.5. The van der Waals surface area contributed by atoms with Crippen molar-refractivity contribution in [3.63, 3.8) is 0 Å². The highest BCUT2D eigenvalue weighted by Crippen LogP contribution is 2.40. The number of fused-ring (bicyclic) bond motifs is 7. The molecule has 3 aromatic heterocycles. The molecular weight excluding hydrogens is 590 g/mol. The maximum absolute atomic E-state index is 6.50. The lowest BCUT2D eigenvalue weighted by atomic mass is 9.99. The summed E-state index contributed by atoms with van der Waals surface area (Å²) in [6.45, 7) is 0. The number of rotatable bonds is 4. The van der Waals surface area contributed by atoms with Gasteiger partial charge >= 0.3 is 0 Å². The quantitative estimate of drug-likeness (QED) is 0.197. The zero-order valence-electron chi connectivity index (χ0n) is 25.6. The summed E-state index contributed by atoms with van der Waals surface area (Å²) >= 11 is 0. The molecule has 5 nitrogen and oxygen atoms in total. The van der Waals surface area contributed by atoms with Crippen LogP contribution < -0.4 is 0 Å². The van der Waals surface area contributed by atoms with Gasteiger partial charge in [-0.25, -0.2) is 15.0 Å². The molecule has 0 N–H and O–H groups in total. The number of aromatic nitrogens is 3. The molecule has 224 valence electrons. The first-order valence-corrected chi connectivity index (χ1v) is 15.9. The van der Waals surface area contributed by atoms with Crippen molar-refractivity contribution in [1.29, 1.82) is 0 Å². The number of para-hydroxylation sites is 2. The molecule has 0 aliphatic carbocycles. The Morgan fingerprint density at radius 3 is 1.94 bits per heavy atom. The summed E-state index contributed by atoms with van der Waals surface area (Å²) in [4.78, 5) is 15.2. The van der Waals surface area contributed by atoms with Crippen LogP contribution in [0.2, 0.25) is 0 Å². The van der Waals surface area contributed by atoms with Gasteiger partial charge in [-0.15, -0.1) is 0 Å². The fourth-order valence-corrected chi connectivity index (χ4v) is 6.82. The fourth-order valence-electron chi connectivity index (χ4n) is 6.82. The van der Waals surface area contributed by atoms with Gasteiger partial charge in [0.25, 0.3) is 0 Å². The van der Waals surface area contributed by atoms with Crippen molar-refractivity contribution in [2.24, 2.45) is 0 Å². The Morgan fingerprint density at radius 2 is 1.02 bits per heavy atom. The molecule has 0 bridgehead atoms. The van der Waals surface area contributed by atoms with Gasteiger partial charge in [-0.3, -0.25) is 0 Å². The van der Waals surface area contributed by atoms with Crippen molar-refractivity contribution in [2.75, 3.05) is 0 Å². The van der Waals surface area contributed by atoms with Crippen molar-refractivity contribution in [1.82, 2.24) is 15.0 Å². The molecule has 0 saturated heterocycles. The number of hydrogen-bond donors (Lipinski definition) is 0. The lowest BCUT2D eigenvalue weighted by Gasteiger charge is -2.09. The summed E-state index contributed by atoms with van der Waals surface area (Å²) in [5, 5.41) is 6.49. The molecule has 0 unspecified atom stereocenters. The van der Waals surface area contributed by atoms with Crippen LogP contribution in [0.15, 0.2) is 160 Å². The monoisotopic (exact) mass is 615 g/mol. The second-order valence-electron chi connectivity index (χ2n) is 12.0. The molecular formula is C43H25N3O2. The Balaban J connectivity index is 1.18. The zero-order valence-corrected chi connectivity index (χ0v) is 25.6. The summed E-state index contributed by atoms with van der Waals surface area (Å²) in [6, 6.07) is 51.7. The Bertz CT molecular complexity index is 2850. The van der Waals surface area contributed by atoms with E-state index < -0.39 is 0 Å². The van der Waals surface area contributed by atoms with E-state index in [-0.39, 0.29) is 0 Å². The number of nitrogens with zero attached hydrogens (tertiary/aromatic N) is 3. The van der Waals surface area contributed by atoms with Gasteiger partial charge in [0.05, 0.1) is 5.56 Å². The lowest BCUT2D eigenvalue weighted by Crippen LogP contribution is -2.00. The van der Waals surface area contributed by atoms with E-state index in [1.165, 1.54) is 10.8 Å². The van der Waals surface area contributed by atoms with Gasteiger partial charge in [-0.2, -0.15) is 0 Å². The highest BCUT2D eigenvalue weighted by atomic mass is 16.3. The molecule has 5 heteroatoms. The summed E-state index contributed by atoms with van der Waals surface area (Å²) in [6.07, 6.45) is 0. The Hall–Kier alpha value is -6.59. The smallest absolute Gasteiger partial charge is 0.167 e. The molecule has 0 fully saturated rings. The molecule has 0 saturated carbocycles. The van der Waals surface area contributed by atoms with E-state index in [0.29, 0.717) is 17.5 Å². The van der Waals surface area contributed by atoms with Crippen molar-refractivity contribution < 1.29 is 8.83 Å². The van der Waals surface area contributed by atoms with Crippen molar-refractivity contribution >= 4 is 54.6 Å². The van der Waals surface area contributed by atoms with Crippen LogP contribution in [-0.2, 0) is 0 Å². The molecule has 0 aliphatic heterocycles. The normalized spacial score (nSPS) is 11.8. The van der Waals surface area contributed by atoms with Gasteiger partial charge in [0.2, 0.25) is 0 Å². The topological polar surface area (TPSA) is 65.0 Å². The minimum atomic E-state index is 0.548. The van der Waals surface area contributed by atoms with Gasteiger partial charge in [0.15, 0.2) is 17.5 Å². The van der Waals surface area contributed by atoms with E-state index in [9.17, 15) is 0 Å². The molecule has 10 rings (SSSR count). The SMILES string of the molecule is c1ccc(-c2nc(-c3cccc4c3oc3ccccc34)nc(-c3cccc4oc5cc(-c6ccc7ccccc7c6)ccc5c34)n2)cc1. The fraction of sp³-hybridized carbons (Fsp3) is 0. The van der Waals surface area contributed by atoms with Crippen molar-refractivity contribution in [2.45, 2.75) is 0 Å². The third-order valence-corrected chi connectivity index (χ3v) is 9.13. The highest BCUT2D eigenvalue weighted by Gasteiger charge is 2.20. The van der Waals surface area contributed by atoms with E-state index >= 15 is 0 Å². The molecule has 0 atom stereocenters. The average molecular weight is 616 g/mol. The maximum Gasteiger partial charge on any atom is 0.167 e. The molecule has 0 aliphatic rings. The van der Waals surface area contributed by atoms with Crippen LogP contribution in [0.3, 0.4) is 0 Å². The van der Waals surface area contributed by atoms with E-state index in [4.69, 9.17) is 23.8 Å². The van der Waals surface area contributed by atoms with Crippen molar-refractivity contribution in [3.05, 3.63) is 152 Å². The third kappa shape index (κ3) is 4.22. The number of hydrogen-bond acceptors (Lipinski definition) is 5. The molecule has 10 aromatic rings. The summed E-state index contributed by atoms with van der Waals surface area (Å²) in [5.74, 6) is 1.71. The molecule has 3 heterocycles. The van der Waals surface area contributed by atoms with Crippen molar-refractivity contribution in [3.8, 4) is 45.3 Å². The van der Waals surface area contributed by atoms with Gasteiger partial charge in [-0.1, -0.05) is 115 Å². The van der Waals surface area contributed by atoms with Crippen LogP contribution >= 0.6 is 0 Å². The van der Waals surface area contributed by atoms with Crippen LogP contribution in [-0.4, -0.2) is 15.0 Å². The Morgan fingerprint density at radius 1 is 0.354 bits per heavy atom. The standard InChI is InChI=1S/C43H25N3O2/c1-2-11-27(12-3-1)41-44-42(46-43(45-41)35-17-8-15-32-31-14-6-7-18-36(31)48-40(32)35)34-16-9-19-37-39(34)33-23-22-30(25-38(33)47-37)29-21-20-26-10-4-5-13-28(26)24-29/h1-25H. The molecule has 0 spiro atoms. The summed E-state index contributed by atoms with van der Waals surface area (Å²) in [5.41, 5.74) is 8.01. The van der Waals surface area contributed by atoms with E-state index in [0.717, 1.165) is 71.7 Å². The van der Waals surface area contributed by atoms with Gasteiger partial charge in [0.1, 0.15) is 22.3 Å². The summed E-state index contributed by atoms with van der Waals surface area (Å²) < 4.78 is 12.9. The van der Waals surface area contributed by atoms with Crippen LogP contribution in [0.25, 0.3) is 99.9 Å². The Kier molecular flexibility index (Phi) is 5.81. The minimum Gasteiger partial charge on any atom is -0.456 e. The van der Waals surface area contributed by atoms with Gasteiger partial charge in [0, 0.05) is 32.7 Å². The molecule has 0 amide bonds. The first-order chi connectivity index (χ1) is 23.8. The van der Waals surface area contributed by atoms with Crippen LogP contribution in [0.5, 0.6) is 0 Å². The van der Waals surface area contributed by atoms with Gasteiger partial charge < -0.3 is 8.83 Å². The zero-order chi connectivity index (χ0) is 31.6. The van der Waals surface area contributed by atoms with Gasteiger partial charge in [-0.05, 0) is 58.3 Å². The maximum atomic E-state index is 6.50. The molecule has 0 radical (unpaired) electrons. The van der Waals surface area contributed by atoms with E-state index in [2.05, 4.69) is 78.9 Å². The predicted molar refractivity (Wildman–Crippen MR) is 194 cm³/mol. The van der Waals surface area contributed by atoms with E-state index in [1.54, 1.807) is 0 Å². The first-order valence-electron chi connectivity index (χ1n) is 15.9. The minimum absolute atomic E-state index is 0.548. The summed E-state index contributed by atoms with van der Waals surface area (Å²) in [7, 11) is 0. The van der Waals surface area contributed by atoms with Crippen LogP contribution in [0.1, 0.15) is 0 Å². The number of benzene rings is 7. The van der Waals surface area contributed by atoms with Crippen LogP contribution in [0, 0.1) is 0 Å². The third-order valence-electron chi connectivity index (χ3n) is 9.13. The van der Waals surface area contributed by atoms with E-state index in [1.807, 2.05) is 72.8 Å².